The fourth-order valence-corrected chi connectivity index (χ4v) is 3.39. The fourth-order valence-electron chi connectivity index (χ4n) is 2.80. The van der Waals surface area contributed by atoms with Gasteiger partial charge < -0.3 is 14.5 Å². The number of benzene rings is 2. The molecule has 1 amide bonds. The summed E-state index contributed by atoms with van der Waals surface area (Å²) in [6.45, 7) is 0.721. The first-order valence-electron chi connectivity index (χ1n) is 9.12. The second-order valence-electron chi connectivity index (χ2n) is 6.46. The Bertz CT molecular complexity index is 1170. The van der Waals surface area contributed by atoms with Crippen LogP contribution in [0.15, 0.2) is 81.9 Å². The van der Waals surface area contributed by atoms with Crippen molar-refractivity contribution in [2.75, 3.05) is 5.32 Å². The number of halogens is 2. The van der Waals surface area contributed by atoms with Gasteiger partial charge in [-0.15, -0.1) is 0 Å². The monoisotopic (exact) mass is 485 g/mol. The predicted octanol–water partition coefficient (Wildman–Crippen LogP) is 5.77. The van der Waals surface area contributed by atoms with E-state index in [0.717, 1.165) is 10.0 Å². The zero-order valence-corrected chi connectivity index (χ0v) is 18.1. The van der Waals surface area contributed by atoms with Gasteiger partial charge in [-0.05, 0) is 51.8 Å². The number of carbonyl (C=O) groups is 1. The van der Waals surface area contributed by atoms with Crippen molar-refractivity contribution in [1.29, 1.82) is 0 Å². The maximum Gasteiger partial charge on any atom is 0.291 e. The number of amides is 1. The van der Waals surface area contributed by atoms with Crippen LogP contribution >= 0.6 is 27.5 Å². The lowest BCUT2D eigenvalue weighted by atomic mass is 10.2. The SMILES string of the molecule is O=C(Nc1cnn(Cc2ccccc2Cl)c1)c1ccc(COc2ccccc2Br)o1. The zero-order chi connectivity index (χ0) is 20.9. The number of aromatic nitrogens is 2. The van der Waals surface area contributed by atoms with Gasteiger partial charge in [0.25, 0.3) is 5.91 Å². The van der Waals surface area contributed by atoms with Crippen molar-refractivity contribution < 1.29 is 13.9 Å². The van der Waals surface area contributed by atoms with Gasteiger partial charge in [-0.2, -0.15) is 5.10 Å². The van der Waals surface area contributed by atoms with Crippen LogP contribution in [0.1, 0.15) is 21.9 Å². The van der Waals surface area contributed by atoms with Crippen molar-refractivity contribution in [2.24, 2.45) is 0 Å². The molecule has 2 heterocycles. The van der Waals surface area contributed by atoms with Gasteiger partial charge in [0.05, 0.1) is 22.9 Å². The van der Waals surface area contributed by atoms with Crippen LogP contribution in [0.2, 0.25) is 5.02 Å². The highest BCUT2D eigenvalue weighted by atomic mass is 79.9. The minimum absolute atomic E-state index is 0.194. The molecule has 0 unspecified atom stereocenters. The zero-order valence-electron chi connectivity index (χ0n) is 15.7. The van der Waals surface area contributed by atoms with E-state index < -0.39 is 0 Å². The highest BCUT2D eigenvalue weighted by molar-refractivity contribution is 9.10. The van der Waals surface area contributed by atoms with Crippen LogP contribution < -0.4 is 10.1 Å². The van der Waals surface area contributed by atoms with Gasteiger partial charge in [-0.1, -0.05) is 41.9 Å². The summed E-state index contributed by atoms with van der Waals surface area (Å²) in [6, 6.07) is 18.4. The van der Waals surface area contributed by atoms with Gasteiger partial charge in [-0.25, -0.2) is 0 Å². The van der Waals surface area contributed by atoms with Gasteiger partial charge in [0.15, 0.2) is 5.76 Å². The molecule has 0 radical (unpaired) electrons. The number of ether oxygens (including phenoxy) is 1. The number of nitrogens with zero attached hydrogens (tertiary/aromatic N) is 2. The van der Waals surface area contributed by atoms with Gasteiger partial charge >= 0.3 is 0 Å². The van der Waals surface area contributed by atoms with Crippen LogP contribution in [0.3, 0.4) is 0 Å². The number of nitrogens with one attached hydrogen (secondary N) is 1. The number of carbonyl (C=O) groups excluding carboxylic acids is 1. The van der Waals surface area contributed by atoms with Crippen LogP contribution in [0.4, 0.5) is 5.69 Å². The lowest BCUT2D eigenvalue weighted by Crippen LogP contribution is -2.10. The lowest BCUT2D eigenvalue weighted by molar-refractivity contribution is 0.0992. The van der Waals surface area contributed by atoms with Crippen molar-refractivity contribution >= 4 is 39.1 Å². The maximum absolute atomic E-state index is 12.5. The molecule has 4 aromatic rings. The third kappa shape index (κ3) is 4.93. The first kappa shape index (κ1) is 20.3. The minimum Gasteiger partial charge on any atom is -0.484 e. The molecule has 6 nitrogen and oxygen atoms in total. The third-order valence-electron chi connectivity index (χ3n) is 4.27. The molecule has 4 rings (SSSR count). The first-order valence-corrected chi connectivity index (χ1v) is 10.3. The average Bonchev–Trinajstić information content (AvgIpc) is 3.39. The number of rotatable bonds is 7. The summed E-state index contributed by atoms with van der Waals surface area (Å²) >= 11 is 9.61. The van der Waals surface area contributed by atoms with Crippen molar-refractivity contribution in [2.45, 2.75) is 13.2 Å². The molecule has 1 N–H and O–H groups in total. The van der Waals surface area contributed by atoms with Gasteiger partial charge in [-0.3, -0.25) is 9.48 Å². The number of hydrogen-bond donors (Lipinski definition) is 1. The molecule has 0 aliphatic heterocycles. The standard InChI is InChI=1S/C22H17BrClN3O3/c23-18-6-2-4-8-20(18)29-14-17-9-10-21(30-17)22(28)26-16-11-25-27(13-16)12-15-5-1-3-7-19(15)24/h1-11,13H,12,14H2,(H,26,28). The third-order valence-corrected chi connectivity index (χ3v) is 5.30. The van der Waals surface area contributed by atoms with Crippen LogP contribution in [-0.4, -0.2) is 15.7 Å². The summed E-state index contributed by atoms with van der Waals surface area (Å²) < 4.78 is 13.9. The van der Waals surface area contributed by atoms with Gasteiger partial charge in [0, 0.05) is 11.2 Å². The summed E-state index contributed by atoms with van der Waals surface area (Å²) in [5.74, 6) is 1.08. The number of hydrogen-bond acceptors (Lipinski definition) is 4. The van der Waals surface area contributed by atoms with Crippen molar-refractivity contribution in [3.63, 3.8) is 0 Å². The maximum atomic E-state index is 12.5. The summed E-state index contributed by atoms with van der Waals surface area (Å²) in [7, 11) is 0. The number of furan rings is 1. The first-order chi connectivity index (χ1) is 14.6. The molecule has 2 aromatic carbocycles. The van der Waals surface area contributed by atoms with Crippen LogP contribution in [-0.2, 0) is 13.2 Å². The van der Waals surface area contributed by atoms with Crippen LogP contribution in [0.25, 0.3) is 0 Å². The van der Waals surface area contributed by atoms with E-state index in [2.05, 4.69) is 26.3 Å². The van der Waals surface area contributed by atoms with E-state index in [1.165, 1.54) is 0 Å². The van der Waals surface area contributed by atoms with E-state index in [1.807, 2.05) is 48.5 Å². The molecule has 0 saturated carbocycles. The second-order valence-corrected chi connectivity index (χ2v) is 7.72. The Kier molecular flexibility index (Phi) is 6.21. The molecule has 0 aliphatic rings. The van der Waals surface area contributed by atoms with E-state index in [1.54, 1.807) is 29.2 Å². The van der Waals surface area contributed by atoms with Gasteiger partial charge in [0.1, 0.15) is 18.1 Å². The largest absolute Gasteiger partial charge is 0.484 e. The highest BCUT2D eigenvalue weighted by Crippen LogP contribution is 2.25. The number of para-hydroxylation sites is 1. The smallest absolute Gasteiger partial charge is 0.291 e. The minimum atomic E-state index is -0.362. The molecule has 0 atom stereocenters. The molecule has 0 aliphatic carbocycles. The Morgan fingerprint density at radius 1 is 1.13 bits per heavy atom. The van der Waals surface area contributed by atoms with E-state index in [4.69, 9.17) is 20.8 Å². The second kappa shape index (κ2) is 9.19. The van der Waals surface area contributed by atoms with Crippen molar-refractivity contribution in [1.82, 2.24) is 9.78 Å². The summed E-state index contributed by atoms with van der Waals surface area (Å²) in [6.07, 6.45) is 3.32. The Balaban J connectivity index is 1.35. The summed E-state index contributed by atoms with van der Waals surface area (Å²) in [4.78, 5) is 12.5. The number of anilines is 1. The Morgan fingerprint density at radius 2 is 1.93 bits per heavy atom. The van der Waals surface area contributed by atoms with Crippen molar-refractivity contribution in [3.05, 3.63) is 99.6 Å². The molecule has 30 heavy (non-hydrogen) atoms. The summed E-state index contributed by atoms with van der Waals surface area (Å²) in [5.41, 5.74) is 1.51. The average molecular weight is 487 g/mol. The van der Waals surface area contributed by atoms with Gasteiger partial charge in [0.2, 0.25) is 0 Å². The molecule has 0 bridgehead atoms. The molecule has 8 heteroatoms. The Labute approximate surface area is 186 Å². The topological polar surface area (TPSA) is 69.3 Å². The molecule has 2 aromatic heterocycles. The fraction of sp³-hybridized carbons (Fsp3) is 0.0909. The molecule has 0 spiro atoms. The Hall–Kier alpha value is -3.03. The van der Waals surface area contributed by atoms with E-state index in [-0.39, 0.29) is 18.3 Å². The normalized spacial score (nSPS) is 10.7. The van der Waals surface area contributed by atoms with E-state index in [9.17, 15) is 4.79 Å². The lowest BCUT2D eigenvalue weighted by Gasteiger charge is -2.06. The van der Waals surface area contributed by atoms with Crippen molar-refractivity contribution in [3.8, 4) is 5.75 Å². The molecule has 0 saturated heterocycles. The highest BCUT2D eigenvalue weighted by Gasteiger charge is 2.13. The van der Waals surface area contributed by atoms with E-state index in [0.29, 0.717) is 28.8 Å². The van der Waals surface area contributed by atoms with Crippen LogP contribution in [0.5, 0.6) is 5.75 Å². The molecule has 0 fully saturated rings. The summed E-state index contributed by atoms with van der Waals surface area (Å²) in [5, 5.41) is 7.71. The predicted molar refractivity (Wildman–Crippen MR) is 118 cm³/mol. The van der Waals surface area contributed by atoms with Crippen LogP contribution in [0, 0.1) is 0 Å². The van der Waals surface area contributed by atoms with E-state index >= 15 is 0 Å². The Morgan fingerprint density at radius 3 is 2.77 bits per heavy atom. The quantitative estimate of drug-likeness (QED) is 0.360. The molecule has 152 valence electrons. The molecular formula is C22H17BrClN3O3. The molecular weight excluding hydrogens is 470 g/mol.